The molecule has 7 heteroatoms. The maximum atomic E-state index is 13.3. The minimum atomic E-state index is -0.295. The van der Waals surface area contributed by atoms with Gasteiger partial charge in [-0.05, 0) is 30.9 Å². The Bertz CT molecular complexity index is 898. The first-order valence-electron chi connectivity index (χ1n) is 8.43. The molecule has 0 spiro atoms. The van der Waals surface area contributed by atoms with Crippen LogP contribution in [0, 0.1) is 11.7 Å². The number of fused-ring (bicyclic) bond motifs is 2. The van der Waals surface area contributed by atoms with Gasteiger partial charge in [-0.25, -0.2) is 9.37 Å². The smallest absolute Gasteiger partial charge is 0.209 e. The molecule has 0 N–H and O–H groups in total. The summed E-state index contributed by atoms with van der Waals surface area (Å²) in [6.07, 6.45) is 3.71. The summed E-state index contributed by atoms with van der Waals surface area (Å²) in [6.45, 7) is 3.15. The Hall–Kier alpha value is -2.28. The van der Waals surface area contributed by atoms with E-state index < -0.39 is 0 Å². The number of oxazole rings is 1. The first kappa shape index (κ1) is 14.1. The fourth-order valence-electron chi connectivity index (χ4n) is 3.34. The molecule has 0 unspecified atom stereocenters. The van der Waals surface area contributed by atoms with Crippen LogP contribution in [0.3, 0.4) is 0 Å². The minimum Gasteiger partial charge on any atom is -0.439 e. The molecule has 0 atom stereocenters. The first-order chi connectivity index (χ1) is 11.7. The predicted octanol–water partition coefficient (Wildman–Crippen LogP) is 2.53. The lowest BCUT2D eigenvalue weighted by molar-refractivity contribution is 0.190. The zero-order chi connectivity index (χ0) is 16.1. The molecule has 5 rings (SSSR count). The lowest BCUT2D eigenvalue weighted by Gasteiger charge is -2.26. The molecular formula is C17H18FN5O. The van der Waals surface area contributed by atoms with Crippen LogP contribution in [0.25, 0.3) is 11.1 Å². The lowest BCUT2D eigenvalue weighted by Crippen LogP contribution is -2.34. The summed E-state index contributed by atoms with van der Waals surface area (Å²) in [5.41, 5.74) is 1.19. The number of halogens is 1. The van der Waals surface area contributed by atoms with Crippen molar-refractivity contribution in [3.8, 4) is 0 Å². The van der Waals surface area contributed by atoms with E-state index in [9.17, 15) is 4.39 Å². The van der Waals surface area contributed by atoms with Gasteiger partial charge in [0.1, 0.15) is 23.0 Å². The van der Waals surface area contributed by atoms with Crippen LogP contribution in [-0.2, 0) is 26.1 Å². The van der Waals surface area contributed by atoms with Gasteiger partial charge in [0.15, 0.2) is 5.58 Å². The highest BCUT2D eigenvalue weighted by molar-refractivity contribution is 5.72. The fraction of sp³-hybridized carbons (Fsp3) is 0.471. The molecule has 1 saturated carbocycles. The number of benzene rings is 1. The van der Waals surface area contributed by atoms with Gasteiger partial charge >= 0.3 is 0 Å². The summed E-state index contributed by atoms with van der Waals surface area (Å²) in [5, 5.41) is 8.72. The highest BCUT2D eigenvalue weighted by Crippen LogP contribution is 2.32. The summed E-state index contributed by atoms with van der Waals surface area (Å²) < 4.78 is 21.2. The van der Waals surface area contributed by atoms with E-state index in [-0.39, 0.29) is 5.82 Å². The van der Waals surface area contributed by atoms with Gasteiger partial charge < -0.3 is 8.98 Å². The van der Waals surface area contributed by atoms with Gasteiger partial charge in [0.2, 0.25) is 5.89 Å². The maximum Gasteiger partial charge on any atom is 0.209 e. The van der Waals surface area contributed by atoms with Gasteiger partial charge in [-0.2, -0.15) is 0 Å². The van der Waals surface area contributed by atoms with Gasteiger partial charge in [-0.15, -0.1) is 10.2 Å². The van der Waals surface area contributed by atoms with Crippen molar-refractivity contribution in [1.82, 2.24) is 24.6 Å². The van der Waals surface area contributed by atoms with E-state index in [0.29, 0.717) is 23.5 Å². The number of hydrogen-bond acceptors (Lipinski definition) is 5. The predicted molar refractivity (Wildman–Crippen MR) is 84.5 cm³/mol. The van der Waals surface area contributed by atoms with E-state index in [1.165, 1.54) is 25.0 Å². The monoisotopic (exact) mass is 327 g/mol. The number of nitrogens with zero attached hydrogens (tertiary/aromatic N) is 5. The molecule has 0 bridgehead atoms. The summed E-state index contributed by atoms with van der Waals surface area (Å²) >= 11 is 0. The third-order valence-corrected chi connectivity index (χ3v) is 4.83. The minimum absolute atomic E-state index is 0.295. The molecule has 1 fully saturated rings. The highest BCUT2D eigenvalue weighted by atomic mass is 19.1. The molecule has 0 saturated heterocycles. The maximum absolute atomic E-state index is 13.3. The zero-order valence-electron chi connectivity index (χ0n) is 13.3. The van der Waals surface area contributed by atoms with E-state index >= 15 is 0 Å². The second-order valence-corrected chi connectivity index (χ2v) is 6.76. The molecule has 1 aliphatic heterocycles. The molecule has 2 aliphatic rings. The van der Waals surface area contributed by atoms with E-state index in [4.69, 9.17) is 4.42 Å². The summed E-state index contributed by atoms with van der Waals surface area (Å²) in [6, 6.07) is 4.42. The summed E-state index contributed by atoms with van der Waals surface area (Å²) in [4.78, 5) is 6.63. The molecule has 24 heavy (non-hydrogen) atoms. The van der Waals surface area contributed by atoms with E-state index in [1.807, 2.05) is 0 Å². The number of rotatable bonds is 4. The van der Waals surface area contributed by atoms with Crippen LogP contribution in [0.15, 0.2) is 22.6 Å². The second-order valence-electron chi connectivity index (χ2n) is 6.76. The van der Waals surface area contributed by atoms with Gasteiger partial charge in [-0.1, -0.05) is 0 Å². The summed E-state index contributed by atoms with van der Waals surface area (Å²) in [7, 11) is 0. The summed E-state index contributed by atoms with van der Waals surface area (Å²) in [5.74, 6) is 3.28. The Morgan fingerprint density at radius 1 is 1.21 bits per heavy atom. The van der Waals surface area contributed by atoms with Crippen LogP contribution in [0.2, 0.25) is 0 Å². The van der Waals surface area contributed by atoms with Gasteiger partial charge in [0, 0.05) is 25.6 Å². The SMILES string of the molecule is Fc1ccc2oc(CN3CCn4c(CC5CC5)nnc4C3)nc2c1. The topological polar surface area (TPSA) is 60.0 Å². The zero-order valence-corrected chi connectivity index (χ0v) is 13.3. The van der Waals surface area contributed by atoms with Gasteiger partial charge in [-0.3, -0.25) is 4.90 Å². The molecule has 124 valence electrons. The van der Waals surface area contributed by atoms with Gasteiger partial charge in [0.05, 0.1) is 13.1 Å². The van der Waals surface area contributed by atoms with Crippen LogP contribution >= 0.6 is 0 Å². The van der Waals surface area contributed by atoms with Crippen molar-refractivity contribution in [2.24, 2.45) is 5.92 Å². The number of aromatic nitrogens is 4. The van der Waals surface area contributed by atoms with Crippen molar-refractivity contribution in [2.75, 3.05) is 6.54 Å². The standard InChI is InChI=1S/C17H18FN5O/c18-12-3-4-14-13(8-12)19-17(24-14)10-22-5-6-23-15(7-11-1-2-11)20-21-16(23)9-22/h3-4,8,11H,1-2,5-7,9-10H2. The van der Waals surface area contributed by atoms with Crippen LogP contribution in [-0.4, -0.2) is 31.2 Å². The van der Waals surface area contributed by atoms with E-state index in [1.54, 1.807) is 6.07 Å². The van der Waals surface area contributed by atoms with Crippen molar-refractivity contribution >= 4 is 11.1 Å². The van der Waals surface area contributed by atoms with Crippen LogP contribution < -0.4 is 0 Å². The molecule has 0 amide bonds. The van der Waals surface area contributed by atoms with Crippen molar-refractivity contribution in [2.45, 2.75) is 38.9 Å². The Morgan fingerprint density at radius 3 is 3.00 bits per heavy atom. The van der Waals surface area contributed by atoms with Crippen molar-refractivity contribution in [1.29, 1.82) is 0 Å². The van der Waals surface area contributed by atoms with Crippen molar-refractivity contribution in [3.63, 3.8) is 0 Å². The largest absolute Gasteiger partial charge is 0.439 e. The van der Waals surface area contributed by atoms with Crippen molar-refractivity contribution < 1.29 is 8.81 Å². The second kappa shape index (κ2) is 5.37. The number of hydrogen-bond donors (Lipinski definition) is 0. The molecule has 1 aliphatic carbocycles. The van der Waals surface area contributed by atoms with E-state index in [0.717, 1.165) is 43.6 Å². The Balaban J connectivity index is 1.32. The third-order valence-electron chi connectivity index (χ3n) is 4.83. The average Bonchev–Trinajstić information content (AvgIpc) is 3.17. The Kier molecular flexibility index (Phi) is 3.16. The highest BCUT2D eigenvalue weighted by Gasteiger charge is 2.27. The molecule has 3 aromatic rings. The lowest BCUT2D eigenvalue weighted by atomic mass is 10.2. The normalized spacial score (nSPS) is 18.2. The Labute approximate surface area is 138 Å². The average molecular weight is 327 g/mol. The quantitative estimate of drug-likeness (QED) is 0.737. The van der Waals surface area contributed by atoms with Crippen LogP contribution in [0.4, 0.5) is 4.39 Å². The first-order valence-corrected chi connectivity index (χ1v) is 8.43. The van der Waals surface area contributed by atoms with Crippen molar-refractivity contribution in [3.05, 3.63) is 41.6 Å². The molecular weight excluding hydrogens is 309 g/mol. The molecule has 1 aromatic carbocycles. The fourth-order valence-corrected chi connectivity index (χ4v) is 3.34. The molecule has 3 heterocycles. The van der Waals surface area contributed by atoms with E-state index in [2.05, 4.69) is 24.6 Å². The van der Waals surface area contributed by atoms with Crippen LogP contribution in [0.1, 0.15) is 30.4 Å². The van der Waals surface area contributed by atoms with Crippen LogP contribution in [0.5, 0.6) is 0 Å². The molecule has 2 aromatic heterocycles. The Morgan fingerprint density at radius 2 is 2.12 bits per heavy atom. The third kappa shape index (κ3) is 2.58. The molecule has 0 radical (unpaired) electrons. The molecule has 6 nitrogen and oxygen atoms in total. The van der Waals surface area contributed by atoms with Gasteiger partial charge in [0.25, 0.3) is 0 Å².